The molecule has 4 aromatic rings. The standard InChI is InChI=1S/C30H30N4O2.C4H3NO2/c1-3-5-6-13-18-36-26-19-25(35)24(20-31)27(23(26)4-2)30-33-28(21-14-9-7-10-15-21)32-29(34-30)22-16-11-8-12-17-22;1-2-4(6)7-3-5/h7-12,14-17,19,35H,3-6,13,18H2,1-2H3;2H,1H2. The minimum absolute atomic E-state index is 0.134. The van der Waals surface area contributed by atoms with E-state index in [9.17, 15) is 15.2 Å². The molecule has 0 bridgehead atoms. The van der Waals surface area contributed by atoms with Crippen molar-refractivity contribution in [2.45, 2.75) is 46.0 Å². The molecule has 1 N–H and O–H groups in total. The number of carbonyl (C=O) groups excluding carboxylic acids is 1. The van der Waals surface area contributed by atoms with E-state index in [4.69, 9.17) is 25.0 Å². The van der Waals surface area contributed by atoms with Gasteiger partial charge >= 0.3 is 5.97 Å². The maximum absolute atomic E-state index is 10.8. The van der Waals surface area contributed by atoms with Gasteiger partial charge in [0, 0.05) is 34.4 Å². The number of ether oxygens (including phenoxy) is 2. The van der Waals surface area contributed by atoms with Gasteiger partial charge in [-0.25, -0.2) is 19.7 Å². The summed E-state index contributed by atoms with van der Waals surface area (Å²) in [6, 6.07) is 23.0. The maximum atomic E-state index is 10.8. The fourth-order valence-corrected chi connectivity index (χ4v) is 4.24. The number of unbranched alkanes of at least 4 members (excludes halogenated alkanes) is 3. The molecular weight excluding hydrogens is 542 g/mol. The van der Waals surface area contributed by atoms with Gasteiger partial charge < -0.3 is 14.6 Å². The highest BCUT2D eigenvalue weighted by molar-refractivity contribution is 5.81. The summed E-state index contributed by atoms with van der Waals surface area (Å²) in [4.78, 5) is 24.1. The van der Waals surface area contributed by atoms with Crippen molar-refractivity contribution in [3.05, 3.63) is 90.5 Å². The molecule has 0 fully saturated rings. The summed E-state index contributed by atoms with van der Waals surface area (Å²) in [5.74, 6) is 1.02. The molecule has 4 rings (SSSR count). The molecular formula is C34H33N5O4. The highest BCUT2D eigenvalue weighted by Gasteiger charge is 2.23. The van der Waals surface area contributed by atoms with Gasteiger partial charge in [-0.3, -0.25) is 0 Å². The highest BCUT2D eigenvalue weighted by atomic mass is 16.5. The van der Waals surface area contributed by atoms with Gasteiger partial charge in [0.05, 0.1) is 6.61 Å². The van der Waals surface area contributed by atoms with Crippen molar-refractivity contribution in [3.8, 4) is 58.0 Å². The Labute approximate surface area is 251 Å². The van der Waals surface area contributed by atoms with Gasteiger partial charge in [-0.05, 0) is 12.8 Å². The van der Waals surface area contributed by atoms with Crippen LogP contribution in [0.3, 0.4) is 0 Å². The second kappa shape index (κ2) is 16.7. The van der Waals surface area contributed by atoms with Crippen LogP contribution in [0.25, 0.3) is 34.2 Å². The number of benzene rings is 3. The van der Waals surface area contributed by atoms with E-state index in [0.717, 1.165) is 48.4 Å². The first-order chi connectivity index (χ1) is 21.0. The second-order valence-corrected chi connectivity index (χ2v) is 9.25. The van der Waals surface area contributed by atoms with E-state index in [2.05, 4.69) is 24.3 Å². The number of hydrogen-bond donors (Lipinski definition) is 1. The number of nitrogens with zero attached hydrogens (tertiary/aromatic N) is 5. The van der Waals surface area contributed by atoms with E-state index in [1.54, 1.807) is 0 Å². The van der Waals surface area contributed by atoms with Gasteiger partial charge in [-0.15, -0.1) is 5.26 Å². The van der Waals surface area contributed by atoms with Gasteiger partial charge in [-0.1, -0.05) is 100 Å². The number of nitriles is 2. The van der Waals surface area contributed by atoms with E-state index in [0.29, 0.717) is 41.8 Å². The molecule has 0 aliphatic rings. The average Bonchev–Trinajstić information content (AvgIpc) is 3.05. The molecule has 0 saturated carbocycles. The van der Waals surface area contributed by atoms with Crippen LogP contribution in [0, 0.1) is 22.8 Å². The van der Waals surface area contributed by atoms with Crippen LogP contribution in [0.15, 0.2) is 79.4 Å². The van der Waals surface area contributed by atoms with E-state index in [-0.39, 0.29) is 11.3 Å². The summed E-state index contributed by atoms with van der Waals surface area (Å²) in [6.45, 7) is 7.76. The lowest BCUT2D eigenvalue weighted by Gasteiger charge is -2.17. The van der Waals surface area contributed by atoms with Gasteiger partial charge in [0.2, 0.25) is 0 Å². The molecule has 1 aromatic heterocycles. The zero-order chi connectivity index (χ0) is 31.0. The molecule has 0 aliphatic heterocycles. The molecule has 218 valence electrons. The van der Waals surface area contributed by atoms with Crippen LogP contribution < -0.4 is 4.74 Å². The van der Waals surface area contributed by atoms with E-state index < -0.39 is 5.97 Å². The van der Waals surface area contributed by atoms with Crippen molar-refractivity contribution in [2.75, 3.05) is 6.61 Å². The molecule has 0 amide bonds. The van der Waals surface area contributed by atoms with Crippen LogP contribution in [0.2, 0.25) is 0 Å². The normalized spacial score (nSPS) is 9.95. The highest BCUT2D eigenvalue weighted by Crippen LogP contribution is 2.39. The van der Waals surface area contributed by atoms with Crippen molar-refractivity contribution in [3.63, 3.8) is 0 Å². The Kier molecular flexibility index (Phi) is 12.4. The smallest absolute Gasteiger partial charge is 0.345 e. The number of aromatic hydroxyl groups is 1. The van der Waals surface area contributed by atoms with Crippen molar-refractivity contribution in [2.24, 2.45) is 0 Å². The summed E-state index contributed by atoms with van der Waals surface area (Å²) in [7, 11) is 0. The Balaban J connectivity index is 0.000000646. The second-order valence-electron chi connectivity index (χ2n) is 9.25. The third kappa shape index (κ3) is 8.72. The van der Waals surface area contributed by atoms with Gasteiger partial charge in [0.25, 0.3) is 6.26 Å². The van der Waals surface area contributed by atoms with Crippen molar-refractivity contribution < 1.29 is 19.4 Å². The quantitative estimate of drug-likeness (QED) is 0.0852. The molecule has 0 aliphatic carbocycles. The fraction of sp³-hybridized carbons (Fsp3) is 0.235. The van der Waals surface area contributed by atoms with Crippen LogP contribution in [-0.2, 0) is 16.0 Å². The zero-order valence-corrected chi connectivity index (χ0v) is 24.3. The number of carbonyl (C=O) groups is 1. The Morgan fingerprint density at radius 1 is 0.907 bits per heavy atom. The molecule has 0 saturated heterocycles. The number of aromatic nitrogens is 3. The summed E-state index contributed by atoms with van der Waals surface area (Å²) < 4.78 is 9.85. The number of esters is 1. The number of hydrogen-bond acceptors (Lipinski definition) is 9. The molecule has 9 heteroatoms. The van der Waals surface area contributed by atoms with Gasteiger partial charge in [-0.2, -0.15) is 5.26 Å². The molecule has 3 aromatic carbocycles. The zero-order valence-electron chi connectivity index (χ0n) is 24.3. The predicted octanol–water partition coefficient (Wildman–Crippen LogP) is 7.17. The number of phenols is 1. The van der Waals surface area contributed by atoms with Gasteiger partial charge in [0.1, 0.15) is 23.1 Å². The first-order valence-electron chi connectivity index (χ1n) is 14.0. The monoisotopic (exact) mass is 575 g/mol. The average molecular weight is 576 g/mol. The van der Waals surface area contributed by atoms with E-state index >= 15 is 0 Å². The van der Waals surface area contributed by atoms with Crippen LogP contribution in [0.5, 0.6) is 11.5 Å². The van der Waals surface area contributed by atoms with Gasteiger partial charge in [0.15, 0.2) is 17.5 Å². The lowest BCUT2D eigenvalue weighted by molar-refractivity contribution is -0.131. The minimum Gasteiger partial charge on any atom is -0.506 e. The SMILES string of the molecule is C=CC(=O)OC#N.CCCCCCOc1cc(O)c(C#N)c(-c2nc(-c3ccccc3)nc(-c3ccccc3)n2)c1CC. The Hall–Kier alpha value is -5.54. The lowest BCUT2D eigenvalue weighted by atomic mass is 9.96. The van der Waals surface area contributed by atoms with Crippen molar-refractivity contribution in [1.82, 2.24) is 15.0 Å². The largest absolute Gasteiger partial charge is 0.506 e. The van der Waals surface area contributed by atoms with Crippen LogP contribution in [0.1, 0.15) is 50.7 Å². The Bertz CT molecular complexity index is 1550. The molecule has 0 atom stereocenters. The third-order valence-electron chi connectivity index (χ3n) is 6.33. The maximum Gasteiger partial charge on any atom is 0.345 e. The summed E-state index contributed by atoms with van der Waals surface area (Å²) in [5, 5.41) is 28.4. The molecule has 0 radical (unpaired) electrons. The first kappa shape index (κ1) is 32.0. The Morgan fingerprint density at radius 3 is 1.95 bits per heavy atom. The summed E-state index contributed by atoms with van der Waals surface area (Å²) in [6.07, 6.45) is 7.02. The molecule has 0 unspecified atom stereocenters. The predicted molar refractivity (Wildman–Crippen MR) is 163 cm³/mol. The fourth-order valence-electron chi connectivity index (χ4n) is 4.24. The van der Waals surface area contributed by atoms with Crippen LogP contribution in [-0.4, -0.2) is 32.6 Å². The summed E-state index contributed by atoms with van der Waals surface area (Å²) in [5.41, 5.74) is 3.09. The number of phenolic OH excluding ortho intramolecular Hbond substituents is 1. The molecule has 43 heavy (non-hydrogen) atoms. The Morgan fingerprint density at radius 2 is 1.49 bits per heavy atom. The molecule has 9 nitrogen and oxygen atoms in total. The minimum atomic E-state index is -0.720. The van der Waals surface area contributed by atoms with Crippen molar-refractivity contribution in [1.29, 1.82) is 10.5 Å². The van der Waals surface area contributed by atoms with E-state index in [1.807, 2.05) is 67.6 Å². The number of rotatable bonds is 11. The molecule has 0 spiro atoms. The third-order valence-corrected chi connectivity index (χ3v) is 6.33. The first-order valence-corrected chi connectivity index (χ1v) is 14.0. The van der Waals surface area contributed by atoms with Crippen molar-refractivity contribution >= 4 is 5.97 Å². The molecule has 1 heterocycles. The lowest BCUT2D eigenvalue weighted by Crippen LogP contribution is -2.06. The topological polar surface area (TPSA) is 142 Å². The van der Waals surface area contributed by atoms with Crippen LogP contribution >= 0.6 is 0 Å². The van der Waals surface area contributed by atoms with Crippen LogP contribution in [0.4, 0.5) is 0 Å². The summed E-state index contributed by atoms with van der Waals surface area (Å²) >= 11 is 0. The van der Waals surface area contributed by atoms with E-state index in [1.165, 1.54) is 12.3 Å².